The van der Waals surface area contributed by atoms with Crippen LogP contribution in [0, 0.1) is 0 Å². The Bertz CT molecular complexity index is 949. The molecule has 1 heterocycles. The van der Waals surface area contributed by atoms with Crippen LogP contribution in [0.2, 0.25) is 0 Å². The highest BCUT2D eigenvalue weighted by Crippen LogP contribution is 2.52. The first-order valence-electron chi connectivity index (χ1n) is 11.1. The first-order chi connectivity index (χ1) is 16.0. The minimum atomic E-state index is -2.81. The van der Waals surface area contributed by atoms with Crippen LogP contribution >= 0.6 is 11.8 Å². The number of rotatable bonds is 8. The van der Waals surface area contributed by atoms with E-state index < -0.39 is 6.61 Å². The van der Waals surface area contributed by atoms with Gasteiger partial charge >= 0.3 is 6.61 Å². The zero-order chi connectivity index (χ0) is 23.4. The Balaban J connectivity index is 1.47. The summed E-state index contributed by atoms with van der Waals surface area (Å²) in [6.45, 7) is -0.297. The van der Waals surface area contributed by atoms with Crippen molar-refractivity contribution >= 4 is 17.7 Å². The third kappa shape index (κ3) is 5.03. The number of nitrogens with one attached hydrogen (secondary N) is 1. The molecule has 178 valence electrons. The molecule has 1 amide bonds. The molecular weight excluding hydrogens is 446 g/mol. The highest BCUT2D eigenvalue weighted by molar-refractivity contribution is 7.99. The first kappa shape index (κ1) is 24.0. The average molecular weight is 477 g/mol. The standard InChI is InChI=1S/C25H30F2N2O3S/c1-31-23-22(28-21(30)16-33-2)19-5-3-4-6-20(19)25(23)11-13-29(14-12-25)15-17-7-9-18(10-8-17)32-24(26)27/h3-10,22-24H,11-16H2,1-2H3,(H,28,30)/t22-,23+/m1/s1. The molecule has 2 atom stereocenters. The molecule has 1 spiro atoms. The highest BCUT2D eigenvalue weighted by Gasteiger charge is 2.53. The van der Waals surface area contributed by atoms with E-state index in [1.807, 2.05) is 24.5 Å². The Hall–Kier alpha value is -2.16. The van der Waals surface area contributed by atoms with E-state index >= 15 is 0 Å². The summed E-state index contributed by atoms with van der Waals surface area (Å²) in [4.78, 5) is 14.8. The molecule has 2 aromatic carbocycles. The van der Waals surface area contributed by atoms with E-state index in [1.165, 1.54) is 17.3 Å². The minimum absolute atomic E-state index is 0.0260. The van der Waals surface area contributed by atoms with Crippen LogP contribution in [0.3, 0.4) is 0 Å². The first-order valence-corrected chi connectivity index (χ1v) is 12.5. The fourth-order valence-corrected chi connectivity index (χ4v) is 5.76. The number of likely N-dealkylation sites (tertiary alicyclic amines) is 1. The number of halogens is 2. The number of hydrogen-bond donors (Lipinski definition) is 1. The van der Waals surface area contributed by atoms with Crippen LogP contribution in [-0.2, 0) is 21.5 Å². The van der Waals surface area contributed by atoms with Gasteiger partial charge in [-0.25, -0.2) is 0 Å². The van der Waals surface area contributed by atoms with Crippen molar-refractivity contribution < 1.29 is 23.0 Å². The predicted octanol–water partition coefficient (Wildman–Crippen LogP) is 4.37. The van der Waals surface area contributed by atoms with E-state index in [0.717, 1.165) is 43.6 Å². The lowest BCUT2D eigenvalue weighted by atomic mass is 9.72. The Morgan fingerprint density at radius 3 is 2.52 bits per heavy atom. The second-order valence-corrected chi connectivity index (χ2v) is 9.54. The smallest absolute Gasteiger partial charge is 0.387 e. The quantitative estimate of drug-likeness (QED) is 0.613. The van der Waals surface area contributed by atoms with Crippen LogP contribution in [0.1, 0.15) is 35.6 Å². The van der Waals surface area contributed by atoms with Gasteiger partial charge in [-0.1, -0.05) is 36.4 Å². The van der Waals surface area contributed by atoms with E-state index in [1.54, 1.807) is 19.2 Å². The van der Waals surface area contributed by atoms with Crippen LogP contribution in [0.4, 0.5) is 8.78 Å². The van der Waals surface area contributed by atoms with Gasteiger partial charge in [-0.2, -0.15) is 20.5 Å². The van der Waals surface area contributed by atoms with Crippen molar-refractivity contribution in [2.24, 2.45) is 0 Å². The molecule has 0 unspecified atom stereocenters. The molecule has 5 nitrogen and oxygen atoms in total. The summed E-state index contributed by atoms with van der Waals surface area (Å²) in [6.07, 6.45) is 3.65. The zero-order valence-corrected chi connectivity index (χ0v) is 19.7. The summed E-state index contributed by atoms with van der Waals surface area (Å²) in [6, 6.07) is 15.1. The molecule has 8 heteroatoms. The summed E-state index contributed by atoms with van der Waals surface area (Å²) in [5, 5.41) is 3.21. The number of benzene rings is 2. The number of carbonyl (C=O) groups excluding carboxylic acids is 1. The number of piperidine rings is 1. The van der Waals surface area contributed by atoms with Gasteiger partial charge in [-0.05, 0) is 61.0 Å². The Morgan fingerprint density at radius 1 is 1.18 bits per heavy atom. The molecular formula is C25H30F2N2O3S. The molecule has 1 fully saturated rings. The van der Waals surface area contributed by atoms with Gasteiger partial charge in [0.15, 0.2) is 0 Å². The maximum absolute atomic E-state index is 12.4. The van der Waals surface area contributed by atoms with Gasteiger partial charge in [0.05, 0.1) is 17.9 Å². The summed E-state index contributed by atoms with van der Waals surface area (Å²) >= 11 is 1.51. The average Bonchev–Trinajstić information content (AvgIpc) is 3.05. The number of hydrogen-bond acceptors (Lipinski definition) is 5. The largest absolute Gasteiger partial charge is 0.435 e. The van der Waals surface area contributed by atoms with E-state index in [2.05, 4.69) is 33.2 Å². The van der Waals surface area contributed by atoms with Gasteiger partial charge in [0, 0.05) is 19.1 Å². The lowest BCUT2D eigenvalue weighted by Crippen LogP contribution is -2.50. The van der Waals surface area contributed by atoms with Gasteiger partial charge < -0.3 is 14.8 Å². The number of fused-ring (bicyclic) bond motifs is 2. The number of methoxy groups -OCH3 is 1. The molecule has 1 aliphatic heterocycles. The van der Waals surface area contributed by atoms with E-state index in [9.17, 15) is 13.6 Å². The number of nitrogens with zero attached hydrogens (tertiary/aromatic N) is 1. The highest BCUT2D eigenvalue weighted by atomic mass is 32.2. The third-order valence-corrected chi connectivity index (χ3v) is 7.38. The third-order valence-electron chi connectivity index (χ3n) is 6.83. The molecule has 4 rings (SSSR count). The summed E-state index contributed by atoms with van der Waals surface area (Å²) in [5.74, 6) is 0.626. The van der Waals surface area contributed by atoms with Crippen molar-refractivity contribution in [1.29, 1.82) is 0 Å². The molecule has 1 saturated heterocycles. The van der Waals surface area contributed by atoms with Gasteiger partial charge in [0.2, 0.25) is 5.91 Å². The van der Waals surface area contributed by atoms with Crippen molar-refractivity contribution in [3.8, 4) is 5.75 Å². The number of thioether (sulfide) groups is 1. The maximum Gasteiger partial charge on any atom is 0.387 e. The molecule has 1 aliphatic carbocycles. The van der Waals surface area contributed by atoms with Gasteiger partial charge in [0.1, 0.15) is 5.75 Å². The monoisotopic (exact) mass is 476 g/mol. The van der Waals surface area contributed by atoms with Gasteiger partial charge in [-0.3, -0.25) is 9.69 Å². The van der Waals surface area contributed by atoms with E-state index in [0.29, 0.717) is 5.75 Å². The van der Waals surface area contributed by atoms with Crippen molar-refractivity contribution in [2.75, 3.05) is 32.2 Å². The number of carbonyl (C=O) groups is 1. The second-order valence-electron chi connectivity index (χ2n) is 8.68. The zero-order valence-electron chi connectivity index (χ0n) is 18.9. The Kier molecular flexibility index (Phi) is 7.56. The molecule has 0 saturated carbocycles. The lowest BCUT2D eigenvalue weighted by molar-refractivity contribution is -0.121. The van der Waals surface area contributed by atoms with Crippen molar-refractivity contribution in [3.63, 3.8) is 0 Å². The fourth-order valence-electron chi connectivity index (χ4n) is 5.42. The summed E-state index contributed by atoms with van der Waals surface area (Å²) in [5.41, 5.74) is 3.35. The topological polar surface area (TPSA) is 50.8 Å². The molecule has 0 aromatic heterocycles. The second kappa shape index (κ2) is 10.4. The van der Waals surface area contributed by atoms with Gasteiger partial charge in [-0.15, -0.1) is 0 Å². The van der Waals surface area contributed by atoms with Crippen LogP contribution in [0.25, 0.3) is 0 Å². The SMILES string of the molecule is CO[C@H]1[C@H](NC(=O)CSC)c2ccccc2C12CCN(Cc1ccc(OC(F)F)cc1)CC2. The Labute approximate surface area is 197 Å². The van der Waals surface area contributed by atoms with E-state index in [4.69, 9.17) is 4.74 Å². The van der Waals surface area contributed by atoms with Crippen LogP contribution in [0.5, 0.6) is 5.75 Å². The van der Waals surface area contributed by atoms with Crippen molar-refractivity contribution in [3.05, 3.63) is 65.2 Å². The minimum Gasteiger partial charge on any atom is -0.435 e. The van der Waals surface area contributed by atoms with Crippen molar-refractivity contribution in [2.45, 2.75) is 43.6 Å². The van der Waals surface area contributed by atoms with E-state index in [-0.39, 0.29) is 29.2 Å². The van der Waals surface area contributed by atoms with Crippen LogP contribution < -0.4 is 10.1 Å². The Morgan fingerprint density at radius 2 is 1.88 bits per heavy atom. The summed E-state index contributed by atoms with van der Waals surface area (Å²) in [7, 11) is 1.74. The molecule has 2 aromatic rings. The molecule has 1 N–H and O–H groups in total. The fraction of sp³-hybridized carbons (Fsp3) is 0.480. The lowest BCUT2D eigenvalue weighted by Gasteiger charge is -2.44. The number of amides is 1. The molecule has 33 heavy (non-hydrogen) atoms. The summed E-state index contributed by atoms with van der Waals surface area (Å²) < 4.78 is 35.3. The number of ether oxygens (including phenoxy) is 2. The van der Waals surface area contributed by atoms with Crippen LogP contribution in [0.15, 0.2) is 48.5 Å². The number of alkyl halides is 2. The van der Waals surface area contributed by atoms with Crippen molar-refractivity contribution in [1.82, 2.24) is 10.2 Å². The molecule has 2 aliphatic rings. The molecule has 0 bridgehead atoms. The predicted molar refractivity (Wildman–Crippen MR) is 126 cm³/mol. The normalized spacial score (nSPS) is 21.8. The molecule has 0 radical (unpaired) electrons. The van der Waals surface area contributed by atoms with Gasteiger partial charge in [0.25, 0.3) is 0 Å². The maximum atomic E-state index is 12.4. The van der Waals surface area contributed by atoms with Crippen LogP contribution in [-0.4, -0.2) is 55.7 Å².